The van der Waals surface area contributed by atoms with Crippen molar-refractivity contribution in [2.24, 2.45) is 11.8 Å². The molecule has 1 rings (SSSR count). The van der Waals surface area contributed by atoms with E-state index in [-0.39, 0.29) is 23.8 Å². The Labute approximate surface area is 115 Å². The molecule has 1 fully saturated rings. The van der Waals surface area contributed by atoms with E-state index in [2.05, 4.69) is 19.2 Å². The molecule has 1 saturated heterocycles. The number of hydrogen-bond acceptors (Lipinski definition) is 4. The number of esters is 1. The summed E-state index contributed by atoms with van der Waals surface area (Å²) < 4.78 is 4.75. The van der Waals surface area contributed by atoms with Gasteiger partial charge in [-0.05, 0) is 32.2 Å². The Hall–Kier alpha value is -1.10. The first-order valence-electron chi connectivity index (χ1n) is 7.05. The summed E-state index contributed by atoms with van der Waals surface area (Å²) >= 11 is 0. The fourth-order valence-electron chi connectivity index (χ4n) is 2.30. The molecule has 5 heteroatoms. The van der Waals surface area contributed by atoms with Crippen LogP contribution >= 0.6 is 0 Å². The number of nitrogens with one attached hydrogen (secondary N) is 1. The number of carbonyl (C=O) groups is 2. The van der Waals surface area contributed by atoms with Gasteiger partial charge in [0.1, 0.15) is 0 Å². The Balaban J connectivity index is 2.35. The van der Waals surface area contributed by atoms with E-state index < -0.39 is 0 Å². The van der Waals surface area contributed by atoms with E-state index in [0.29, 0.717) is 12.5 Å². The van der Waals surface area contributed by atoms with Gasteiger partial charge in [0.25, 0.3) is 0 Å². The van der Waals surface area contributed by atoms with E-state index in [1.54, 1.807) is 0 Å². The Morgan fingerprint density at radius 2 is 2.05 bits per heavy atom. The van der Waals surface area contributed by atoms with Crippen molar-refractivity contribution in [1.82, 2.24) is 10.2 Å². The lowest BCUT2D eigenvalue weighted by atomic mass is 10.1. The molecule has 19 heavy (non-hydrogen) atoms. The Morgan fingerprint density at radius 3 is 2.63 bits per heavy atom. The average molecular weight is 270 g/mol. The highest BCUT2D eigenvalue weighted by Gasteiger charge is 2.33. The molecule has 0 bridgehead atoms. The first-order chi connectivity index (χ1) is 8.95. The number of ether oxygens (including phenoxy) is 1. The van der Waals surface area contributed by atoms with Crippen LogP contribution in [0.3, 0.4) is 0 Å². The van der Waals surface area contributed by atoms with E-state index in [1.165, 1.54) is 7.11 Å². The van der Waals surface area contributed by atoms with Crippen LogP contribution in [0.5, 0.6) is 0 Å². The van der Waals surface area contributed by atoms with Crippen molar-refractivity contribution in [2.45, 2.75) is 39.7 Å². The molecule has 5 nitrogen and oxygen atoms in total. The van der Waals surface area contributed by atoms with Gasteiger partial charge in [0.05, 0.1) is 19.1 Å². The van der Waals surface area contributed by atoms with Crippen LogP contribution in [0, 0.1) is 11.8 Å². The fraction of sp³-hybridized carbons (Fsp3) is 0.857. The number of nitrogens with zero attached hydrogens (tertiary/aromatic N) is 1. The van der Waals surface area contributed by atoms with E-state index >= 15 is 0 Å². The average Bonchev–Trinajstić information content (AvgIpc) is 2.85. The minimum absolute atomic E-state index is 0.0474. The van der Waals surface area contributed by atoms with Gasteiger partial charge < -0.3 is 10.1 Å². The number of carbonyl (C=O) groups excluding carboxylic acids is 2. The predicted molar refractivity (Wildman–Crippen MR) is 73.6 cm³/mol. The summed E-state index contributed by atoms with van der Waals surface area (Å²) in [5.41, 5.74) is 0. The maximum Gasteiger partial charge on any atom is 0.310 e. The molecular weight excluding hydrogens is 244 g/mol. The quantitative estimate of drug-likeness (QED) is 0.732. The topological polar surface area (TPSA) is 58.6 Å². The lowest BCUT2D eigenvalue weighted by Crippen LogP contribution is -2.44. The molecule has 0 aromatic rings. The zero-order valence-corrected chi connectivity index (χ0v) is 12.4. The Morgan fingerprint density at radius 1 is 1.37 bits per heavy atom. The highest BCUT2D eigenvalue weighted by Crippen LogP contribution is 2.19. The largest absolute Gasteiger partial charge is 0.469 e. The van der Waals surface area contributed by atoms with E-state index in [0.717, 1.165) is 25.9 Å². The summed E-state index contributed by atoms with van der Waals surface area (Å²) in [6.07, 6.45) is 1.76. The molecule has 2 unspecified atom stereocenters. The van der Waals surface area contributed by atoms with Gasteiger partial charge in [-0.25, -0.2) is 0 Å². The monoisotopic (exact) mass is 270 g/mol. The maximum atomic E-state index is 12.0. The van der Waals surface area contributed by atoms with Crippen LogP contribution in [0.15, 0.2) is 0 Å². The lowest BCUT2D eigenvalue weighted by Gasteiger charge is -2.23. The molecule has 1 amide bonds. The van der Waals surface area contributed by atoms with Crippen molar-refractivity contribution in [2.75, 3.05) is 26.7 Å². The standard InChI is InChI=1S/C14H26N2O3/c1-10(2)5-7-15-13(17)11(3)16-8-6-12(9-16)14(18)19-4/h10-12H,5-9H2,1-4H3,(H,15,17). The highest BCUT2D eigenvalue weighted by atomic mass is 16.5. The first-order valence-corrected chi connectivity index (χ1v) is 7.05. The zero-order chi connectivity index (χ0) is 14.4. The number of hydrogen-bond donors (Lipinski definition) is 1. The van der Waals surface area contributed by atoms with Crippen LogP contribution in [-0.2, 0) is 14.3 Å². The molecule has 1 N–H and O–H groups in total. The van der Waals surface area contributed by atoms with Crippen LogP contribution in [0.4, 0.5) is 0 Å². The highest BCUT2D eigenvalue weighted by molar-refractivity contribution is 5.81. The zero-order valence-electron chi connectivity index (χ0n) is 12.4. The Bertz CT molecular complexity index is 318. The third kappa shape index (κ3) is 4.82. The first kappa shape index (κ1) is 16.0. The summed E-state index contributed by atoms with van der Waals surface area (Å²) in [6.45, 7) is 8.28. The lowest BCUT2D eigenvalue weighted by molar-refractivity contribution is -0.145. The van der Waals surface area contributed by atoms with Crippen LogP contribution < -0.4 is 5.32 Å². The third-order valence-electron chi connectivity index (χ3n) is 3.70. The summed E-state index contributed by atoms with van der Waals surface area (Å²) in [4.78, 5) is 25.5. The van der Waals surface area contributed by atoms with Crippen LogP contribution in [0.25, 0.3) is 0 Å². The molecule has 0 spiro atoms. The third-order valence-corrected chi connectivity index (χ3v) is 3.70. The minimum atomic E-state index is -0.179. The van der Waals surface area contributed by atoms with Gasteiger partial charge in [-0.1, -0.05) is 13.8 Å². The number of methoxy groups -OCH3 is 1. The van der Waals surface area contributed by atoms with E-state index in [4.69, 9.17) is 4.74 Å². The molecule has 1 heterocycles. The van der Waals surface area contributed by atoms with Crippen molar-refractivity contribution in [3.8, 4) is 0 Å². The second-order valence-electron chi connectivity index (χ2n) is 5.65. The molecule has 2 atom stereocenters. The minimum Gasteiger partial charge on any atom is -0.469 e. The van der Waals surface area contributed by atoms with Gasteiger partial charge in [0, 0.05) is 13.1 Å². The normalized spacial score (nSPS) is 21.4. The van der Waals surface area contributed by atoms with E-state index in [1.807, 2.05) is 11.8 Å². The SMILES string of the molecule is COC(=O)C1CCN(C(C)C(=O)NCCC(C)C)C1. The fourth-order valence-corrected chi connectivity index (χ4v) is 2.30. The van der Waals surface area contributed by atoms with Crippen LogP contribution in [-0.4, -0.2) is 49.6 Å². The summed E-state index contributed by atoms with van der Waals surface area (Å²) in [5, 5.41) is 2.95. The molecule has 0 saturated carbocycles. The number of rotatable bonds is 6. The van der Waals surface area contributed by atoms with Crippen molar-refractivity contribution in [3.05, 3.63) is 0 Å². The van der Waals surface area contributed by atoms with E-state index in [9.17, 15) is 9.59 Å². The molecule has 0 aliphatic carbocycles. The molecule has 1 aliphatic heterocycles. The van der Waals surface area contributed by atoms with Crippen molar-refractivity contribution >= 4 is 11.9 Å². The Kier molecular flexibility index (Phi) is 6.28. The van der Waals surface area contributed by atoms with Gasteiger partial charge in [0.2, 0.25) is 5.91 Å². The predicted octanol–water partition coefficient (Wildman–Crippen LogP) is 1.03. The number of likely N-dealkylation sites (tertiary alicyclic amines) is 1. The molecule has 110 valence electrons. The van der Waals surface area contributed by atoms with Crippen LogP contribution in [0.2, 0.25) is 0 Å². The van der Waals surface area contributed by atoms with Gasteiger partial charge in [-0.3, -0.25) is 14.5 Å². The van der Waals surface area contributed by atoms with Gasteiger partial charge in [-0.2, -0.15) is 0 Å². The molecule has 1 aliphatic rings. The van der Waals surface area contributed by atoms with Crippen molar-refractivity contribution < 1.29 is 14.3 Å². The summed E-state index contributed by atoms with van der Waals surface area (Å²) in [5.74, 6) is 0.378. The van der Waals surface area contributed by atoms with Crippen molar-refractivity contribution in [3.63, 3.8) is 0 Å². The summed E-state index contributed by atoms with van der Waals surface area (Å²) in [7, 11) is 1.41. The summed E-state index contributed by atoms with van der Waals surface area (Å²) in [6, 6.07) is -0.179. The van der Waals surface area contributed by atoms with Gasteiger partial charge in [0.15, 0.2) is 0 Å². The molecule has 0 aromatic carbocycles. The molecular formula is C14H26N2O3. The second kappa shape index (κ2) is 7.48. The molecule has 0 radical (unpaired) electrons. The second-order valence-corrected chi connectivity index (χ2v) is 5.65. The number of amides is 1. The van der Waals surface area contributed by atoms with Crippen LogP contribution in [0.1, 0.15) is 33.6 Å². The van der Waals surface area contributed by atoms with Crippen molar-refractivity contribution in [1.29, 1.82) is 0 Å². The van der Waals surface area contributed by atoms with Gasteiger partial charge >= 0.3 is 5.97 Å². The maximum absolute atomic E-state index is 12.0. The molecule has 0 aromatic heterocycles. The van der Waals surface area contributed by atoms with Gasteiger partial charge in [-0.15, -0.1) is 0 Å². The smallest absolute Gasteiger partial charge is 0.310 e.